The van der Waals surface area contributed by atoms with Gasteiger partial charge in [-0.15, -0.1) is 0 Å². The number of hydrogen-bond acceptors (Lipinski definition) is 14. The van der Waals surface area contributed by atoms with E-state index in [4.69, 9.17) is 5.11 Å². The molecule has 0 bridgehead atoms. The number of Topliss-reactive ketones (excluding diaryl/α,β-unsaturated/α-hetero) is 2. The van der Waals surface area contributed by atoms with E-state index in [0.717, 1.165) is 216 Å². The molecule has 10 nitrogen and oxygen atoms in total. The summed E-state index contributed by atoms with van der Waals surface area (Å²) in [7, 11) is -2.00. The molecule has 722 valence electrons. The molecule has 0 aliphatic carbocycles. The van der Waals surface area contributed by atoms with Crippen molar-refractivity contribution >= 4 is 116 Å². The Morgan fingerprint density at radius 3 is 0.727 bits per heavy atom. The second-order valence-corrected chi connectivity index (χ2v) is 34.6. The molecule has 0 heterocycles. The predicted octanol–water partition coefficient (Wildman–Crippen LogP) is 29.1. The third kappa shape index (κ3) is 174. The van der Waals surface area contributed by atoms with Crippen molar-refractivity contribution in [3.05, 3.63) is 304 Å². The van der Waals surface area contributed by atoms with Crippen LogP contribution in [0.5, 0.6) is 0 Å². The van der Waals surface area contributed by atoms with Gasteiger partial charge in [0.25, 0.3) is 10.1 Å². The number of hydrogen-bond donors (Lipinski definition) is 2. The van der Waals surface area contributed by atoms with Gasteiger partial charge in [0.1, 0.15) is 0 Å². The molecule has 0 aromatic heterocycles. The van der Waals surface area contributed by atoms with Crippen molar-refractivity contribution in [1.82, 2.24) is 0 Å². The fraction of sp³-hybridized carbons (Fsp3) is 0.476. The number of aliphatic hydroxyl groups excluding tert-OH is 1. The molecule has 0 aliphatic rings. The Kier molecular flexibility index (Phi) is 137. The van der Waals surface area contributed by atoms with Crippen LogP contribution in [0.1, 0.15) is 249 Å². The fourth-order valence-electron chi connectivity index (χ4n) is 8.00. The summed E-state index contributed by atoms with van der Waals surface area (Å²) in [5.74, 6) is -1.56. The Bertz CT molecular complexity index is 3510. The molecule has 0 rings (SSSR count). The number of halogens is 8. The Morgan fingerprint density at radius 1 is 0.367 bits per heavy atom. The van der Waals surface area contributed by atoms with Gasteiger partial charge in [-0.05, 0) is 211 Å². The molecule has 25 heteroatoms. The first-order valence-corrected chi connectivity index (χ1v) is 52.0. The van der Waals surface area contributed by atoms with Crippen molar-refractivity contribution in [1.29, 1.82) is 0 Å². The molecular weight excluding hydrogens is 1860 g/mol. The maximum absolute atomic E-state index is 12.0. The summed E-state index contributed by atoms with van der Waals surface area (Å²) >= 11 is 12.9. The summed E-state index contributed by atoms with van der Waals surface area (Å²) in [6, 6.07) is 0. The first-order chi connectivity index (χ1) is 60.4. The van der Waals surface area contributed by atoms with Gasteiger partial charge in [0.2, 0.25) is 20.6 Å². The van der Waals surface area contributed by atoms with Gasteiger partial charge in [0, 0.05) is 35.1 Å². The number of allylic oxidation sites excluding steroid dienone is 48. The van der Waals surface area contributed by atoms with E-state index in [1.165, 1.54) is 18.7 Å². The summed E-state index contributed by atoms with van der Waals surface area (Å²) in [6.45, 7) is 14.1. The normalized spacial score (nSPS) is 12.6. The fourth-order valence-corrected chi connectivity index (χ4v) is 10.2. The van der Waals surface area contributed by atoms with Crippen molar-refractivity contribution in [2.45, 2.75) is 261 Å². The van der Waals surface area contributed by atoms with Crippen molar-refractivity contribution in [2.75, 3.05) is 54.1 Å². The standard InChI is InChI=1S/C21H29F3OS.C20H30OS.C19H30O3S.C18H28O.C18H28S.C3H2BrF3O.C2H4OS.CH3ClO2S.CH4.K/c1-2-3-4-5-6-7-8-9-10-11-12-13-14-15-16-17-18-26-19-20(25)21(22,23)24;1-3-4-5-6-7-8-9-10-11-12-13-14-15-16-17-18-19-22-20(2)21;1-3-4-5-6-7-8-9-10-11-12-13-14-15-16-17-18-19-22-23(2,20)21;2*1-2-3-4-5-6-7-8-9-10-11-12-13-14-15-16-17-18-19;4-1-2(8)3(5,6)7;1-2(3)4;1-5(2,3)4;;/h3-4,6-7,9-10,12-13,15-16H,2,5,8,11,14,17-19H2,1H3;4-5,7-8,10-11,13-14,16-17H,3,6,9,12,15,18-19H2,1-2H3;4-5,7-8,10-11,13-14,16-17H,3,6,9,12,15,18-19H2,1-2H3;2*3-4,6-7,9-10,12-13,15-16,19H,2,5,8,11,14,17-18H2,1H3;1H2;1H3,(H,3,4);1H3;1H4;/q;;;;;;;;;+1/p-1/b4-3-,7-6-,10-9-,13-12-,16-15-;2*5-4-,8-7-,11-10-,14-13-,17-16-;2*4-3-,7-6-,10-9-,13-12-,16-15-;;;;;. The van der Waals surface area contributed by atoms with Crippen LogP contribution in [0.3, 0.4) is 0 Å². The average Bonchev–Trinajstić information content (AvgIpc) is 0.935. The largest absolute Gasteiger partial charge is 1.00 e. The molecule has 0 aromatic rings. The minimum atomic E-state index is -4.70. The number of aliphatic hydroxyl groups is 1. The summed E-state index contributed by atoms with van der Waals surface area (Å²) in [6.07, 6.45) is 130. The van der Waals surface area contributed by atoms with E-state index in [9.17, 15) is 62.4 Å². The summed E-state index contributed by atoms with van der Waals surface area (Å²) in [5.41, 5.74) is 0. The summed E-state index contributed by atoms with van der Waals surface area (Å²) < 4.78 is 114. The van der Waals surface area contributed by atoms with Crippen molar-refractivity contribution in [3.63, 3.8) is 0 Å². The Hall–Kier alpha value is -4.74. The van der Waals surface area contributed by atoms with Crippen LogP contribution in [0, 0.1) is 0 Å². The van der Waals surface area contributed by atoms with Crippen LogP contribution < -0.4 is 51.4 Å². The number of thioether (sulfide) groups is 2. The number of carbonyl (C=O) groups excluding carboxylic acids is 4. The van der Waals surface area contributed by atoms with Gasteiger partial charge >= 0.3 is 63.7 Å². The molecule has 0 amide bonds. The smallest absolute Gasteiger partial charge is 0.742 e. The Morgan fingerprint density at radius 2 is 0.555 bits per heavy atom. The molecule has 1 N–H and O–H groups in total. The molecule has 0 saturated heterocycles. The number of carbonyl (C=O) groups is 4. The van der Waals surface area contributed by atoms with Crippen LogP contribution >= 0.6 is 62.8 Å². The zero-order valence-corrected chi connectivity index (χ0v) is 88.1. The summed E-state index contributed by atoms with van der Waals surface area (Å²) in [4.78, 5) is 40.3. The van der Waals surface area contributed by atoms with Gasteiger partial charge in [-0.25, -0.2) is 8.42 Å². The number of ketones is 2. The van der Waals surface area contributed by atoms with Crippen LogP contribution in [0.4, 0.5) is 26.3 Å². The van der Waals surface area contributed by atoms with Gasteiger partial charge in [0.15, 0.2) is 5.12 Å². The average molecular weight is 2020 g/mol. The van der Waals surface area contributed by atoms with E-state index in [2.05, 4.69) is 364 Å². The van der Waals surface area contributed by atoms with Gasteiger partial charge in [-0.2, -0.15) is 59.2 Å². The monoisotopic (exact) mass is 2010 g/mol. The zero-order valence-electron chi connectivity index (χ0n) is 77.7. The molecule has 0 radical (unpaired) electrons. The van der Waals surface area contributed by atoms with E-state index < -0.39 is 54.2 Å². The molecule has 0 atom stereocenters. The molecule has 128 heavy (non-hydrogen) atoms. The SMILES string of the molecule is C.CC(=O)[S-].CC/C=C\C/C=C\C/C=C\C/C=C\C/C=C\CCO.CC/C=C\C/C=C\C/C=C\C/C=C\C/C=C\CCOS(C)(=O)=O.CC/C=C\C/C=C\C/C=C\C/C=C\C/C=C\CCS.CC/C=C\C/C=C\C/C=C\C/C=C\C/C=C\CCSC(C)=O.CC/C=C\C/C=C\C/C=C\C/C=C\C/C=C\CCSCC(=O)C(F)(F)F.CS(=O)(=O)Cl.O=C(CBr)C(F)(F)F.[K+]. The van der Waals surface area contributed by atoms with Crippen LogP contribution in [0.15, 0.2) is 304 Å². The maximum Gasteiger partial charge on any atom is 1.00 e. The topological polar surface area (TPSA) is 166 Å². The van der Waals surface area contributed by atoms with Gasteiger partial charge in [-0.1, -0.05) is 374 Å². The van der Waals surface area contributed by atoms with Gasteiger partial charge in [0.05, 0.1) is 30.2 Å². The zero-order chi connectivity index (χ0) is 95.9. The Labute approximate surface area is 849 Å². The summed E-state index contributed by atoms with van der Waals surface area (Å²) in [5, 5.41) is 7.88. The molecule has 0 aromatic carbocycles. The molecule has 0 aliphatic heterocycles. The number of alkyl halides is 7. The van der Waals surface area contributed by atoms with E-state index in [-0.39, 0.29) is 82.3 Å². The van der Waals surface area contributed by atoms with Crippen molar-refractivity contribution in [3.8, 4) is 0 Å². The maximum atomic E-state index is 12.0. The van der Waals surface area contributed by atoms with Crippen molar-refractivity contribution in [2.24, 2.45) is 0 Å². The molecule has 0 fully saturated rings. The van der Waals surface area contributed by atoms with E-state index in [0.29, 0.717) is 18.6 Å². The number of thiol groups is 1. The van der Waals surface area contributed by atoms with Crippen LogP contribution in [-0.2, 0) is 55.2 Å². The van der Waals surface area contributed by atoms with E-state index in [1.807, 2.05) is 30.4 Å². The second kappa shape index (κ2) is 122. The first-order valence-electron chi connectivity index (χ1n) is 43.2. The molecule has 0 spiro atoms. The molecule has 0 saturated carbocycles. The number of rotatable bonds is 62. The van der Waals surface area contributed by atoms with E-state index >= 15 is 0 Å². The van der Waals surface area contributed by atoms with Crippen LogP contribution in [0.2, 0.25) is 0 Å². The minimum Gasteiger partial charge on any atom is -0.742 e. The van der Waals surface area contributed by atoms with E-state index in [1.54, 1.807) is 6.92 Å². The first kappa shape index (κ1) is 144. The third-order valence-corrected chi connectivity index (χ3v) is 17.2. The second-order valence-electron chi connectivity index (χ2n) is 26.0. The van der Waals surface area contributed by atoms with Crippen LogP contribution in [-0.4, -0.2) is 110 Å². The Balaban J connectivity index is -0.000000162. The minimum absolute atomic E-state index is 0. The molecule has 0 unspecified atom stereocenters. The van der Waals surface area contributed by atoms with Gasteiger partial charge in [-0.3, -0.25) is 18.6 Å². The third-order valence-electron chi connectivity index (χ3n) is 14.0. The quantitative estimate of drug-likeness (QED) is 0.00681. The molecular formula is C103H157BrClF6KO10S6. The predicted molar refractivity (Wildman–Crippen MR) is 559 cm³/mol. The van der Waals surface area contributed by atoms with Gasteiger partial charge < -0.3 is 22.5 Å². The van der Waals surface area contributed by atoms with Crippen LogP contribution in [0.25, 0.3) is 0 Å². The van der Waals surface area contributed by atoms with Crippen molar-refractivity contribution < 1.29 is 123 Å².